The lowest BCUT2D eigenvalue weighted by Gasteiger charge is -2.72. The van der Waals surface area contributed by atoms with Crippen LogP contribution in [0.4, 0.5) is 0 Å². The Kier molecular flexibility index (Phi) is 5.95. The normalized spacial score (nSPS) is 46.6. The Balaban J connectivity index is 1.57. The van der Waals surface area contributed by atoms with Gasteiger partial charge in [0.1, 0.15) is 6.10 Å². The van der Waals surface area contributed by atoms with Crippen LogP contribution in [0, 0.1) is 50.7 Å². The van der Waals surface area contributed by atoms with E-state index < -0.39 is 11.4 Å². The maximum absolute atomic E-state index is 13.3. The summed E-state index contributed by atoms with van der Waals surface area (Å²) in [6.07, 6.45) is 7.82. The number of allylic oxidation sites excluding steroid dienone is 1. The second-order valence-corrected chi connectivity index (χ2v) is 15.0. The second-order valence-electron chi connectivity index (χ2n) is 15.0. The molecular formula is C32H48O5. The Hall–Kier alpha value is -1.65. The number of ether oxygens (including phenoxy) is 1. The third-order valence-corrected chi connectivity index (χ3v) is 13.1. The van der Waals surface area contributed by atoms with Crippen molar-refractivity contribution in [1.29, 1.82) is 0 Å². The van der Waals surface area contributed by atoms with Gasteiger partial charge in [0.2, 0.25) is 0 Å². The number of rotatable bonds is 3. The van der Waals surface area contributed by atoms with Gasteiger partial charge in [-0.05, 0) is 102 Å². The first-order valence-electron chi connectivity index (χ1n) is 14.7. The average molecular weight is 513 g/mol. The topological polar surface area (TPSA) is 80.7 Å². The van der Waals surface area contributed by atoms with E-state index in [4.69, 9.17) is 4.74 Å². The highest BCUT2D eigenvalue weighted by atomic mass is 16.5. The zero-order valence-electron chi connectivity index (χ0n) is 24.3. The summed E-state index contributed by atoms with van der Waals surface area (Å²) in [7, 11) is 0. The Labute approximate surface area is 223 Å². The van der Waals surface area contributed by atoms with Crippen LogP contribution in [0.25, 0.3) is 0 Å². The van der Waals surface area contributed by atoms with Gasteiger partial charge >= 0.3 is 11.9 Å². The van der Waals surface area contributed by atoms with Gasteiger partial charge < -0.3 is 9.84 Å². The van der Waals surface area contributed by atoms with Crippen molar-refractivity contribution in [3.63, 3.8) is 0 Å². The summed E-state index contributed by atoms with van der Waals surface area (Å²) >= 11 is 0. The first-order chi connectivity index (χ1) is 17.1. The van der Waals surface area contributed by atoms with E-state index in [1.807, 2.05) is 0 Å². The lowest BCUT2D eigenvalue weighted by Crippen LogP contribution is -2.66. The van der Waals surface area contributed by atoms with Gasteiger partial charge in [-0.1, -0.05) is 48.5 Å². The number of carboxylic acid groups (broad SMARTS) is 1. The number of carbonyl (C=O) groups excluding carboxylic acids is 2. The molecule has 5 aliphatic rings. The van der Waals surface area contributed by atoms with Crippen LogP contribution in [0.2, 0.25) is 0 Å². The van der Waals surface area contributed by atoms with Gasteiger partial charge in [-0.15, -0.1) is 0 Å². The Morgan fingerprint density at radius 2 is 1.57 bits per heavy atom. The summed E-state index contributed by atoms with van der Waals surface area (Å²) in [5.41, 5.74) is 0.992. The van der Waals surface area contributed by atoms with Gasteiger partial charge in [-0.25, -0.2) is 0 Å². The molecule has 4 fully saturated rings. The number of esters is 1. The van der Waals surface area contributed by atoms with E-state index in [9.17, 15) is 19.5 Å². The van der Waals surface area contributed by atoms with Crippen molar-refractivity contribution < 1.29 is 24.2 Å². The Bertz CT molecular complexity index is 1070. The van der Waals surface area contributed by atoms with Gasteiger partial charge in [-0.3, -0.25) is 14.4 Å². The summed E-state index contributed by atoms with van der Waals surface area (Å²) in [6, 6.07) is 0. The summed E-state index contributed by atoms with van der Waals surface area (Å²) in [5, 5.41) is 10.5. The van der Waals surface area contributed by atoms with Crippen LogP contribution in [-0.2, 0) is 19.1 Å². The number of ketones is 1. The molecule has 0 spiro atoms. The van der Waals surface area contributed by atoms with Crippen LogP contribution in [0.5, 0.6) is 0 Å². The molecule has 4 saturated carbocycles. The van der Waals surface area contributed by atoms with E-state index in [1.165, 1.54) is 6.92 Å². The van der Waals surface area contributed by atoms with Crippen LogP contribution in [0.1, 0.15) is 113 Å². The fraction of sp³-hybridized carbons (Fsp3) is 0.844. The van der Waals surface area contributed by atoms with Crippen LogP contribution in [0.3, 0.4) is 0 Å². The highest BCUT2D eigenvalue weighted by Gasteiger charge is 2.71. The molecule has 206 valence electrons. The number of fused-ring (bicyclic) bond motifs is 7. The number of Topliss-reactive ketones (excluding diaryl/α,β-unsaturated/α-hetero) is 1. The molecule has 37 heavy (non-hydrogen) atoms. The maximum atomic E-state index is 13.3. The maximum Gasteiger partial charge on any atom is 0.314 e. The minimum Gasteiger partial charge on any atom is -0.481 e. The average Bonchev–Trinajstić information content (AvgIpc) is 3.09. The van der Waals surface area contributed by atoms with Crippen molar-refractivity contribution in [3.8, 4) is 0 Å². The first kappa shape index (κ1) is 26.9. The third kappa shape index (κ3) is 3.30. The fourth-order valence-corrected chi connectivity index (χ4v) is 11.3. The number of hydrogen-bond acceptors (Lipinski definition) is 4. The molecule has 0 aromatic carbocycles. The van der Waals surface area contributed by atoms with E-state index in [2.05, 4.69) is 48.5 Å². The standard InChI is InChI=1S/C32H48O5/c1-18(2)25-21(34)17-32(27(35)36)16-15-30(7)20(26(25)32)9-10-23-29(6)13-12-24(37-19(3)33)28(4,5)22(29)11-14-31(23,30)8/h18,20,22-24H,9-17H2,1-8H3,(H,35,36)/t20-,22+,23-,24?,29+,30-,31-,32?/m1/s1. The molecule has 0 saturated heterocycles. The van der Waals surface area contributed by atoms with Gasteiger partial charge in [0.05, 0.1) is 5.41 Å². The monoisotopic (exact) mass is 512 g/mol. The smallest absolute Gasteiger partial charge is 0.314 e. The van der Waals surface area contributed by atoms with Gasteiger partial charge in [0, 0.05) is 18.8 Å². The van der Waals surface area contributed by atoms with Crippen molar-refractivity contribution >= 4 is 17.7 Å². The molecule has 5 heteroatoms. The molecule has 1 N–H and O–H groups in total. The van der Waals surface area contributed by atoms with Gasteiger partial charge in [-0.2, -0.15) is 0 Å². The zero-order chi connectivity index (χ0) is 27.3. The molecule has 0 aliphatic heterocycles. The zero-order valence-corrected chi connectivity index (χ0v) is 24.3. The predicted octanol–water partition coefficient (Wildman–Crippen LogP) is 6.98. The quantitative estimate of drug-likeness (QED) is 0.413. The summed E-state index contributed by atoms with van der Waals surface area (Å²) in [4.78, 5) is 38.0. The molecule has 0 aromatic rings. The number of aliphatic carboxylic acids is 1. The Morgan fingerprint density at radius 3 is 2.16 bits per heavy atom. The van der Waals surface area contributed by atoms with Crippen molar-refractivity contribution in [2.45, 2.75) is 119 Å². The fourth-order valence-electron chi connectivity index (χ4n) is 11.3. The molecule has 8 atom stereocenters. The van der Waals surface area contributed by atoms with E-state index in [-0.39, 0.29) is 57.8 Å². The van der Waals surface area contributed by atoms with Crippen molar-refractivity contribution in [1.82, 2.24) is 0 Å². The lowest BCUT2D eigenvalue weighted by atomic mass is 9.33. The van der Waals surface area contributed by atoms with Crippen LogP contribution in [-0.4, -0.2) is 28.9 Å². The van der Waals surface area contributed by atoms with Crippen molar-refractivity contribution in [3.05, 3.63) is 11.1 Å². The van der Waals surface area contributed by atoms with E-state index in [0.717, 1.165) is 56.1 Å². The van der Waals surface area contributed by atoms with Gasteiger partial charge in [0.25, 0.3) is 0 Å². The first-order valence-corrected chi connectivity index (χ1v) is 14.7. The summed E-state index contributed by atoms with van der Waals surface area (Å²) in [5.74, 6) is 0.341. The molecular weight excluding hydrogens is 464 g/mol. The minimum atomic E-state index is -0.991. The van der Waals surface area contributed by atoms with Crippen molar-refractivity contribution in [2.24, 2.45) is 50.7 Å². The predicted molar refractivity (Wildman–Crippen MR) is 143 cm³/mol. The van der Waals surface area contributed by atoms with Gasteiger partial charge in [0.15, 0.2) is 5.78 Å². The van der Waals surface area contributed by atoms with E-state index in [0.29, 0.717) is 18.3 Å². The molecule has 0 aromatic heterocycles. The molecule has 5 nitrogen and oxygen atoms in total. The molecule has 0 amide bonds. The lowest BCUT2D eigenvalue weighted by molar-refractivity contribution is -0.233. The molecule has 0 heterocycles. The number of carboxylic acids is 1. The number of hydrogen-bond donors (Lipinski definition) is 1. The molecule has 2 unspecified atom stereocenters. The van der Waals surface area contributed by atoms with E-state index >= 15 is 0 Å². The number of carbonyl (C=O) groups is 3. The molecule has 5 aliphatic carbocycles. The second kappa shape index (κ2) is 8.18. The molecule has 0 bridgehead atoms. The van der Waals surface area contributed by atoms with Crippen LogP contribution < -0.4 is 0 Å². The summed E-state index contributed by atoms with van der Waals surface area (Å²) in [6.45, 7) is 17.7. The van der Waals surface area contributed by atoms with Crippen molar-refractivity contribution in [2.75, 3.05) is 0 Å². The van der Waals surface area contributed by atoms with Crippen LogP contribution in [0.15, 0.2) is 11.1 Å². The summed E-state index contributed by atoms with van der Waals surface area (Å²) < 4.78 is 5.86. The highest BCUT2D eigenvalue weighted by molar-refractivity contribution is 6.05. The molecule has 0 radical (unpaired) electrons. The highest BCUT2D eigenvalue weighted by Crippen LogP contribution is 2.76. The van der Waals surface area contributed by atoms with E-state index in [1.54, 1.807) is 0 Å². The molecule has 5 rings (SSSR count). The SMILES string of the molecule is CC(=O)OC1CC[C@]2(C)[C@H]3CC[C@@H]4C5=C(C(C)C)C(=O)CC5(C(=O)O)CC[C@@]4(C)[C@]3(C)CC[C@H]2C1(C)C. The Morgan fingerprint density at radius 1 is 0.892 bits per heavy atom. The largest absolute Gasteiger partial charge is 0.481 e. The third-order valence-electron chi connectivity index (χ3n) is 13.1. The van der Waals surface area contributed by atoms with Crippen LogP contribution >= 0.6 is 0 Å². The minimum absolute atomic E-state index is 0.0280.